The quantitative estimate of drug-likeness (QED) is 0.133. The van der Waals surface area contributed by atoms with Gasteiger partial charge in [-0.3, -0.25) is 0 Å². The first-order valence-corrected chi connectivity index (χ1v) is 54.0. The Bertz CT molecular complexity index is 7100. The van der Waals surface area contributed by atoms with E-state index >= 15 is 0 Å². The van der Waals surface area contributed by atoms with Gasteiger partial charge in [-0.1, -0.05) is 518 Å². The summed E-state index contributed by atoms with van der Waals surface area (Å²) in [5.41, 5.74) is 40.1. The van der Waals surface area contributed by atoms with Crippen molar-refractivity contribution in [3.8, 4) is 89.0 Å². The zero-order valence-corrected chi connectivity index (χ0v) is 97.7. The Hall–Kier alpha value is -10.9. The number of rotatable bonds is 8. The van der Waals surface area contributed by atoms with Crippen LogP contribution in [0.3, 0.4) is 0 Å². The zero-order valence-electron chi connectivity index (χ0n) is 97.7. The molecule has 0 heteroatoms. The number of hydrogen-bond donors (Lipinski definition) is 0. The molecule has 0 atom stereocenters. The molecule has 0 aliphatic rings. The summed E-state index contributed by atoms with van der Waals surface area (Å²) in [7, 11) is 0. The minimum Gasteiger partial charge on any atom is -0.0579 e. The normalized spacial score (nSPS) is 13.6. The minimum atomic E-state index is -0.117. The first-order chi connectivity index (χ1) is 65.9. The van der Waals surface area contributed by atoms with Crippen LogP contribution in [0.5, 0.6) is 0 Å². The fourth-order valence-electron chi connectivity index (χ4n) is 22.3. The van der Waals surface area contributed by atoms with E-state index in [9.17, 15) is 0 Å². The van der Waals surface area contributed by atoms with Crippen LogP contribution < -0.4 is 0 Å². The van der Waals surface area contributed by atoms with Gasteiger partial charge in [-0.05, 0) is 361 Å². The number of benzene rings is 16. The van der Waals surface area contributed by atoms with Crippen LogP contribution in [0.2, 0.25) is 0 Å². The molecule has 0 heterocycles. The predicted octanol–water partition coefficient (Wildman–Crippen LogP) is 43.1. The lowest BCUT2D eigenvalue weighted by Crippen LogP contribution is -2.22. The van der Waals surface area contributed by atoms with Crippen LogP contribution >= 0.6 is 0 Å². The maximum Gasteiger partial charge on any atom is -0.000139 e. The summed E-state index contributed by atoms with van der Waals surface area (Å²) in [6, 6.07) is 100. The third-order valence-corrected chi connectivity index (χ3v) is 31.2. The third-order valence-electron chi connectivity index (χ3n) is 31.2. The van der Waals surface area contributed by atoms with Crippen molar-refractivity contribution in [2.75, 3.05) is 0 Å². The molecule has 0 fully saturated rings. The van der Waals surface area contributed by atoms with Crippen LogP contribution in [0.4, 0.5) is 0 Å². The van der Waals surface area contributed by atoms with E-state index in [2.05, 4.69) is 560 Å². The van der Waals surface area contributed by atoms with Gasteiger partial charge in [-0.25, -0.2) is 0 Å². The molecule has 0 saturated heterocycles. The van der Waals surface area contributed by atoms with Crippen LogP contribution in [-0.2, 0) is 81.2 Å². The maximum atomic E-state index is 2.63. The zero-order chi connectivity index (χ0) is 106. The lowest BCUT2D eigenvalue weighted by molar-refractivity contribution is 0.531. The van der Waals surface area contributed by atoms with Gasteiger partial charge in [0.15, 0.2) is 0 Å². The van der Waals surface area contributed by atoms with Crippen LogP contribution in [0, 0.1) is 0 Å². The second kappa shape index (κ2) is 36.6. The van der Waals surface area contributed by atoms with Gasteiger partial charge in [0.1, 0.15) is 0 Å². The van der Waals surface area contributed by atoms with Crippen LogP contribution in [0.25, 0.3) is 154 Å². The standard InChI is InChI=1S/C74H92.C70H84/c1-67(2,3)49-33-25-45(26-34-49)61-53-41-57(71(13,14)15)58(72(16,17)18)42-54(53)63(47-29-37-51(38-30-47)69(7,8)9)66-64(48-31-39-52(40-32-48)70(10,11)12)56-44-60(74(22,23)24)59(73(19,20)21)43-55(56)62(65(61)66)46-27-35-50(36-28-46)68(4,5)6;1-64(2,3)47-30-22-43(23-31-47)58-52-39-38-51(68(13,14)15)40-53(52)59(44-24-32-48(33-25-44)65(4,5)6)63-61(46-28-36-50(37-29-46)67(10,11)12)55-42-57(70(19,20)21)56(69(16,17)18)41-54(55)60(62(58)63)45-26-34-49(35-27-45)66(7,8)9/h25-44H,1-24H3;22-42H,1-21H3. The Morgan fingerprint density at radius 2 is 0.201 bits per heavy atom. The minimum absolute atomic E-state index is 0.00340. The van der Waals surface area contributed by atoms with Gasteiger partial charge in [0.05, 0.1) is 0 Å². The number of fused-ring (bicyclic) bond motifs is 6. The van der Waals surface area contributed by atoms with E-state index in [1.165, 1.54) is 237 Å². The molecule has 0 aromatic heterocycles. The van der Waals surface area contributed by atoms with Crippen LogP contribution in [-0.4, -0.2) is 0 Å². The largest absolute Gasteiger partial charge is 0.0579 e. The van der Waals surface area contributed by atoms with Gasteiger partial charge in [-0.2, -0.15) is 0 Å². The monoisotopic (exact) mass is 1910 g/mol. The Labute approximate surface area is 872 Å². The molecular formula is C144H176. The first-order valence-electron chi connectivity index (χ1n) is 54.0. The molecule has 0 spiro atoms. The summed E-state index contributed by atoms with van der Waals surface area (Å²) < 4.78 is 0. The molecule has 16 aromatic carbocycles. The van der Waals surface area contributed by atoms with E-state index in [-0.39, 0.29) is 81.2 Å². The van der Waals surface area contributed by atoms with E-state index in [1.54, 1.807) is 0 Å². The molecule has 0 radical (unpaired) electrons. The summed E-state index contributed by atoms with van der Waals surface area (Å²) >= 11 is 0. The topological polar surface area (TPSA) is 0 Å². The highest BCUT2D eigenvalue weighted by Gasteiger charge is 2.39. The van der Waals surface area contributed by atoms with Crippen LogP contribution in [0.1, 0.15) is 395 Å². The highest BCUT2D eigenvalue weighted by molar-refractivity contribution is 6.36. The third kappa shape index (κ3) is 21.1. The highest BCUT2D eigenvalue weighted by Crippen LogP contribution is 2.61. The fraction of sp³-hybridized carbons (Fsp3) is 0.417. The second-order valence-electron chi connectivity index (χ2n) is 58.5. The second-order valence-corrected chi connectivity index (χ2v) is 58.5. The van der Waals surface area contributed by atoms with Gasteiger partial charge in [0, 0.05) is 0 Å². The molecule has 0 bridgehead atoms. The summed E-state index contributed by atoms with van der Waals surface area (Å²) in [5.74, 6) is 0. The summed E-state index contributed by atoms with van der Waals surface area (Å²) in [6.45, 7) is 106. The lowest BCUT2D eigenvalue weighted by atomic mass is 9.70. The molecule has 0 N–H and O–H groups in total. The smallest absolute Gasteiger partial charge is 0.000139 e. The van der Waals surface area contributed by atoms with Gasteiger partial charge in [0.25, 0.3) is 0 Å². The molecule has 0 amide bonds. The van der Waals surface area contributed by atoms with E-state index < -0.39 is 0 Å². The van der Waals surface area contributed by atoms with Crippen molar-refractivity contribution in [1.29, 1.82) is 0 Å². The molecule has 144 heavy (non-hydrogen) atoms. The summed E-state index contributed by atoms with van der Waals surface area (Å²) in [5, 5.41) is 15.6. The van der Waals surface area contributed by atoms with Crippen molar-refractivity contribution in [3.63, 3.8) is 0 Å². The van der Waals surface area contributed by atoms with Crippen molar-refractivity contribution in [1.82, 2.24) is 0 Å². The van der Waals surface area contributed by atoms with E-state index in [0.29, 0.717) is 0 Å². The molecule has 0 aliphatic carbocycles. The highest BCUT2D eigenvalue weighted by atomic mass is 14.4. The van der Waals surface area contributed by atoms with Crippen LogP contribution in [0.15, 0.2) is 249 Å². The van der Waals surface area contributed by atoms with Gasteiger partial charge < -0.3 is 0 Å². The predicted molar refractivity (Wildman–Crippen MR) is 642 cm³/mol. The average Bonchev–Trinajstić information content (AvgIpc) is 0.686. The molecule has 0 unspecified atom stereocenters. The van der Waals surface area contributed by atoms with Gasteiger partial charge >= 0.3 is 0 Å². The molecule has 16 rings (SSSR count). The van der Waals surface area contributed by atoms with Gasteiger partial charge in [0.2, 0.25) is 0 Å². The van der Waals surface area contributed by atoms with Crippen molar-refractivity contribution >= 4 is 64.6 Å². The first kappa shape index (κ1) is 107. The Morgan fingerprint density at radius 3 is 0.312 bits per heavy atom. The number of hydrogen-bond acceptors (Lipinski definition) is 0. The van der Waals surface area contributed by atoms with Crippen molar-refractivity contribution in [3.05, 3.63) is 332 Å². The van der Waals surface area contributed by atoms with Crippen molar-refractivity contribution < 1.29 is 0 Å². The molecule has 0 aliphatic heterocycles. The molecule has 752 valence electrons. The Balaban J connectivity index is 0.000000217. The lowest BCUT2D eigenvalue weighted by Gasteiger charge is -2.34. The summed E-state index contributed by atoms with van der Waals surface area (Å²) in [6.07, 6.45) is 0. The van der Waals surface area contributed by atoms with E-state index in [1.807, 2.05) is 0 Å². The SMILES string of the molecule is CC(C)(C)c1ccc(-c2c3cc(C(C)(C)C)c(C(C)(C)C)cc3c(-c3ccc(C(C)(C)C)cc3)c3c(-c4ccc(C(C)(C)C)cc4)c4cc(C(C)(C)C)c(C(C)(C)C)cc4c(-c4ccc(C(C)(C)C)cc4)c23)cc1.CC(C)(C)c1ccc(-c2c3ccc(C(C)(C)C)cc3c(-c3ccc(C(C)(C)C)cc3)c3c(-c4ccc(C(C)(C)C)cc4)c4cc(C(C)(C)C)c(C(C)(C)C)cc4c(-c4ccc(C(C)(C)C)cc4)c23)cc1. The molecule has 16 aromatic rings. The van der Waals surface area contributed by atoms with Crippen molar-refractivity contribution in [2.24, 2.45) is 0 Å². The Kier molecular flexibility index (Phi) is 27.3. The van der Waals surface area contributed by atoms with Crippen molar-refractivity contribution in [2.45, 2.75) is 393 Å². The van der Waals surface area contributed by atoms with E-state index in [0.717, 1.165) is 0 Å². The molecular weight excluding hydrogens is 1730 g/mol. The Morgan fingerprint density at radius 1 is 0.0972 bits per heavy atom. The fourth-order valence-corrected chi connectivity index (χ4v) is 22.3. The average molecular weight is 1910 g/mol. The summed E-state index contributed by atoms with van der Waals surface area (Å²) in [4.78, 5) is 0. The molecule has 0 nitrogen and oxygen atoms in total. The van der Waals surface area contributed by atoms with Gasteiger partial charge in [-0.15, -0.1) is 0 Å². The molecule has 0 saturated carbocycles. The maximum absolute atomic E-state index is 2.63. The van der Waals surface area contributed by atoms with E-state index in [4.69, 9.17) is 0 Å².